The van der Waals surface area contributed by atoms with Crippen molar-refractivity contribution >= 4 is 29.0 Å². The summed E-state index contributed by atoms with van der Waals surface area (Å²) < 4.78 is 5.49. The molecule has 3 rings (SSSR count). The molecule has 0 aliphatic rings. The van der Waals surface area contributed by atoms with E-state index >= 15 is 0 Å². The van der Waals surface area contributed by atoms with E-state index in [9.17, 15) is 9.59 Å². The van der Waals surface area contributed by atoms with Crippen molar-refractivity contribution in [3.8, 4) is 0 Å². The summed E-state index contributed by atoms with van der Waals surface area (Å²) in [5.74, 6) is -0.428. The van der Waals surface area contributed by atoms with Crippen molar-refractivity contribution in [2.24, 2.45) is 5.73 Å². The van der Waals surface area contributed by atoms with Gasteiger partial charge in [-0.15, -0.1) is 0 Å². The second-order valence-corrected chi connectivity index (χ2v) is 5.14. The molecule has 3 N–H and O–H groups in total. The lowest BCUT2D eigenvalue weighted by Crippen LogP contribution is -2.20. The average Bonchev–Trinajstić information content (AvgIpc) is 3.01. The molecule has 0 aliphatic heterocycles. The molecule has 2 amide bonds. The van der Waals surface area contributed by atoms with E-state index in [2.05, 4.69) is 10.3 Å². The van der Waals surface area contributed by atoms with E-state index in [1.807, 2.05) is 24.3 Å². The van der Waals surface area contributed by atoms with Crippen LogP contribution in [0.3, 0.4) is 0 Å². The molecule has 2 aromatic carbocycles. The maximum atomic E-state index is 11.9. The Hall–Kier alpha value is -3.41. The third kappa shape index (κ3) is 3.67. The number of aromatic nitrogens is 1. The van der Waals surface area contributed by atoms with Gasteiger partial charge in [-0.1, -0.05) is 24.3 Å². The number of nitrogens with two attached hydrogens (primary N) is 1. The Balaban J connectivity index is 1.61. The highest BCUT2D eigenvalue weighted by atomic mass is 16.3. The van der Waals surface area contributed by atoms with E-state index in [1.54, 1.807) is 24.3 Å². The number of nitrogens with zero attached hydrogens (tertiary/aromatic N) is 1. The molecular formula is C18H15N3O3. The Morgan fingerprint density at radius 3 is 2.79 bits per heavy atom. The van der Waals surface area contributed by atoms with Gasteiger partial charge in [-0.05, 0) is 29.8 Å². The van der Waals surface area contributed by atoms with Crippen molar-refractivity contribution in [1.29, 1.82) is 0 Å². The molecule has 0 bridgehead atoms. The fourth-order valence-corrected chi connectivity index (χ4v) is 2.19. The van der Waals surface area contributed by atoms with Crippen LogP contribution in [-0.2, 0) is 11.3 Å². The molecule has 6 nitrogen and oxygen atoms in total. The highest BCUT2D eigenvalue weighted by molar-refractivity contribution is 5.93. The van der Waals surface area contributed by atoms with Crippen LogP contribution in [0.25, 0.3) is 17.2 Å². The minimum absolute atomic E-state index is 0.290. The van der Waals surface area contributed by atoms with E-state index in [1.165, 1.54) is 12.2 Å². The minimum Gasteiger partial charge on any atom is -0.437 e. The molecular weight excluding hydrogens is 306 g/mol. The summed E-state index contributed by atoms with van der Waals surface area (Å²) in [7, 11) is 0. The van der Waals surface area contributed by atoms with Crippen LogP contribution in [0.2, 0.25) is 0 Å². The first-order valence-corrected chi connectivity index (χ1v) is 7.32. The van der Waals surface area contributed by atoms with Crippen molar-refractivity contribution in [3.63, 3.8) is 0 Å². The van der Waals surface area contributed by atoms with E-state index in [-0.39, 0.29) is 12.5 Å². The van der Waals surface area contributed by atoms with Gasteiger partial charge in [-0.25, -0.2) is 4.98 Å². The number of primary amides is 1. The van der Waals surface area contributed by atoms with Crippen LogP contribution in [-0.4, -0.2) is 16.8 Å². The van der Waals surface area contributed by atoms with Gasteiger partial charge in [0.05, 0.1) is 0 Å². The van der Waals surface area contributed by atoms with Crippen molar-refractivity contribution in [2.45, 2.75) is 6.54 Å². The SMILES string of the molecule is NC(=O)c1cccc(CNC(=O)/C=C/c2nc3ccccc3o2)c1. The number of oxazole rings is 1. The van der Waals surface area contributed by atoms with E-state index in [0.717, 1.165) is 11.1 Å². The molecule has 120 valence electrons. The van der Waals surface area contributed by atoms with Gasteiger partial charge in [0.2, 0.25) is 17.7 Å². The van der Waals surface area contributed by atoms with Crippen LogP contribution in [0.15, 0.2) is 59.0 Å². The largest absolute Gasteiger partial charge is 0.437 e. The lowest BCUT2D eigenvalue weighted by atomic mass is 10.1. The van der Waals surface area contributed by atoms with Crippen molar-refractivity contribution in [1.82, 2.24) is 10.3 Å². The monoisotopic (exact) mass is 321 g/mol. The Kier molecular flexibility index (Phi) is 4.38. The molecule has 0 aliphatic carbocycles. The molecule has 1 heterocycles. The van der Waals surface area contributed by atoms with Crippen molar-refractivity contribution in [2.75, 3.05) is 0 Å². The summed E-state index contributed by atoms with van der Waals surface area (Å²) in [6, 6.07) is 14.2. The zero-order chi connectivity index (χ0) is 16.9. The van der Waals surface area contributed by atoms with Gasteiger partial charge in [0.1, 0.15) is 5.52 Å². The lowest BCUT2D eigenvalue weighted by Gasteiger charge is -2.03. The molecule has 0 spiro atoms. The first-order valence-electron chi connectivity index (χ1n) is 7.32. The third-order valence-electron chi connectivity index (χ3n) is 3.37. The summed E-state index contributed by atoms with van der Waals surface area (Å²) in [4.78, 5) is 27.2. The molecule has 0 atom stereocenters. The number of rotatable bonds is 5. The number of para-hydroxylation sites is 2. The number of carbonyl (C=O) groups is 2. The molecule has 0 unspecified atom stereocenters. The van der Waals surface area contributed by atoms with Gasteiger partial charge in [-0.2, -0.15) is 0 Å². The molecule has 24 heavy (non-hydrogen) atoms. The summed E-state index contributed by atoms with van der Waals surface area (Å²) >= 11 is 0. The Bertz CT molecular complexity index is 895. The topological polar surface area (TPSA) is 98.2 Å². The first kappa shape index (κ1) is 15.5. The lowest BCUT2D eigenvalue weighted by molar-refractivity contribution is -0.116. The van der Waals surface area contributed by atoms with Gasteiger partial charge >= 0.3 is 0 Å². The van der Waals surface area contributed by atoms with Crippen LogP contribution in [0, 0.1) is 0 Å². The minimum atomic E-state index is -0.501. The third-order valence-corrected chi connectivity index (χ3v) is 3.37. The number of fused-ring (bicyclic) bond motifs is 1. The molecule has 0 saturated carbocycles. The van der Waals surface area contributed by atoms with Crippen LogP contribution in [0.5, 0.6) is 0 Å². The van der Waals surface area contributed by atoms with Crippen LogP contribution in [0.1, 0.15) is 21.8 Å². The average molecular weight is 321 g/mol. The second kappa shape index (κ2) is 6.78. The van der Waals surface area contributed by atoms with Gasteiger partial charge in [0, 0.05) is 24.3 Å². The zero-order valence-electron chi connectivity index (χ0n) is 12.7. The molecule has 0 radical (unpaired) electrons. The maximum absolute atomic E-state index is 11.9. The standard InChI is InChI=1S/C18H15N3O3/c19-18(23)13-5-3-4-12(10-13)11-20-16(22)8-9-17-21-14-6-1-2-7-15(14)24-17/h1-10H,11H2,(H2,19,23)(H,20,22)/b9-8+. The van der Waals surface area contributed by atoms with E-state index in [4.69, 9.17) is 10.2 Å². The predicted molar refractivity (Wildman–Crippen MR) is 89.8 cm³/mol. The quantitative estimate of drug-likeness (QED) is 0.704. The van der Waals surface area contributed by atoms with Crippen molar-refractivity contribution < 1.29 is 14.0 Å². The summed E-state index contributed by atoms with van der Waals surface area (Å²) in [6.07, 6.45) is 2.86. The highest BCUT2D eigenvalue weighted by Crippen LogP contribution is 2.15. The highest BCUT2D eigenvalue weighted by Gasteiger charge is 2.04. The number of hydrogen-bond donors (Lipinski definition) is 2. The van der Waals surface area contributed by atoms with Crippen LogP contribution in [0.4, 0.5) is 0 Å². The van der Waals surface area contributed by atoms with Crippen LogP contribution >= 0.6 is 0 Å². The number of benzene rings is 2. The van der Waals surface area contributed by atoms with Gasteiger partial charge < -0.3 is 15.5 Å². The number of amides is 2. The van der Waals surface area contributed by atoms with Gasteiger partial charge in [0.15, 0.2) is 5.58 Å². The molecule has 0 saturated heterocycles. The normalized spacial score (nSPS) is 11.0. The summed E-state index contributed by atoms with van der Waals surface area (Å²) in [5, 5.41) is 2.72. The Morgan fingerprint density at radius 2 is 2.00 bits per heavy atom. The zero-order valence-corrected chi connectivity index (χ0v) is 12.7. The second-order valence-electron chi connectivity index (χ2n) is 5.14. The summed E-state index contributed by atoms with van der Waals surface area (Å²) in [6.45, 7) is 0.290. The Labute approximate surface area is 138 Å². The predicted octanol–water partition coefficient (Wildman–Crippen LogP) is 2.26. The molecule has 0 fully saturated rings. The summed E-state index contributed by atoms with van der Waals surface area (Å²) in [5.41, 5.74) is 7.83. The molecule has 6 heteroatoms. The number of carbonyl (C=O) groups excluding carboxylic acids is 2. The Morgan fingerprint density at radius 1 is 1.17 bits per heavy atom. The number of hydrogen-bond acceptors (Lipinski definition) is 4. The fraction of sp³-hybridized carbons (Fsp3) is 0.0556. The number of nitrogens with one attached hydrogen (secondary N) is 1. The van der Waals surface area contributed by atoms with E-state index < -0.39 is 5.91 Å². The fourth-order valence-electron chi connectivity index (χ4n) is 2.19. The van der Waals surface area contributed by atoms with Crippen molar-refractivity contribution in [3.05, 3.63) is 71.6 Å². The van der Waals surface area contributed by atoms with Crippen LogP contribution < -0.4 is 11.1 Å². The first-order chi connectivity index (χ1) is 11.6. The smallest absolute Gasteiger partial charge is 0.248 e. The van der Waals surface area contributed by atoms with Gasteiger partial charge in [-0.3, -0.25) is 9.59 Å². The molecule has 1 aromatic heterocycles. The molecule has 3 aromatic rings. The van der Waals surface area contributed by atoms with E-state index in [0.29, 0.717) is 17.0 Å². The van der Waals surface area contributed by atoms with Gasteiger partial charge in [0.25, 0.3) is 0 Å². The maximum Gasteiger partial charge on any atom is 0.248 e.